The predicted octanol–water partition coefficient (Wildman–Crippen LogP) is 3.18. The molecule has 1 aliphatic carbocycles. The highest BCUT2D eigenvalue weighted by atomic mass is 35.5. The summed E-state index contributed by atoms with van der Waals surface area (Å²) in [6.07, 6.45) is 6.19. The number of carbonyl (C=O) groups is 1. The van der Waals surface area contributed by atoms with E-state index in [1.165, 1.54) is 12.8 Å². The highest BCUT2D eigenvalue weighted by Gasteiger charge is 2.29. The second kappa shape index (κ2) is 5.58. The van der Waals surface area contributed by atoms with Crippen molar-refractivity contribution in [2.45, 2.75) is 50.6 Å². The molecular weight excluding hydrogens is 238 g/mol. The first-order chi connectivity index (χ1) is 8.18. The SMILES string of the molecule is CC(Cl)C(=O)N(Cc1ccco1)C1CCCC1. The summed E-state index contributed by atoms with van der Waals surface area (Å²) in [5.41, 5.74) is 0. The topological polar surface area (TPSA) is 33.5 Å². The van der Waals surface area contributed by atoms with Crippen LogP contribution in [0, 0.1) is 0 Å². The van der Waals surface area contributed by atoms with Crippen molar-refractivity contribution in [2.75, 3.05) is 0 Å². The summed E-state index contributed by atoms with van der Waals surface area (Å²) in [7, 11) is 0. The van der Waals surface area contributed by atoms with Crippen LogP contribution >= 0.6 is 11.6 Å². The highest BCUT2D eigenvalue weighted by Crippen LogP contribution is 2.26. The van der Waals surface area contributed by atoms with Crippen molar-refractivity contribution < 1.29 is 9.21 Å². The summed E-state index contributed by atoms with van der Waals surface area (Å²) in [5.74, 6) is 0.831. The number of hydrogen-bond donors (Lipinski definition) is 0. The quantitative estimate of drug-likeness (QED) is 0.775. The first-order valence-corrected chi connectivity index (χ1v) is 6.59. The first kappa shape index (κ1) is 12.5. The molecule has 1 saturated carbocycles. The van der Waals surface area contributed by atoms with Crippen molar-refractivity contribution in [3.05, 3.63) is 24.2 Å². The van der Waals surface area contributed by atoms with Gasteiger partial charge < -0.3 is 9.32 Å². The van der Waals surface area contributed by atoms with Crippen molar-refractivity contribution in [2.24, 2.45) is 0 Å². The maximum Gasteiger partial charge on any atom is 0.240 e. The molecule has 3 nitrogen and oxygen atoms in total. The molecule has 1 aromatic rings. The van der Waals surface area contributed by atoms with Crippen LogP contribution in [-0.4, -0.2) is 22.2 Å². The van der Waals surface area contributed by atoms with Crippen molar-refractivity contribution in [1.82, 2.24) is 4.90 Å². The number of nitrogens with zero attached hydrogens (tertiary/aromatic N) is 1. The summed E-state index contributed by atoms with van der Waals surface area (Å²) in [4.78, 5) is 14.0. The predicted molar refractivity (Wildman–Crippen MR) is 66.8 cm³/mol. The second-order valence-electron chi connectivity index (χ2n) is 4.60. The number of hydrogen-bond acceptors (Lipinski definition) is 2. The van der Waals surface area contributed by atoms with E-state index in [1.807, 2.05) is 17.0 Å². The zero-order valence-corrected chi connectivity index (χ0v) is 10.8. The van der Waals surface area contributed by atoms with E-state index in [2.05, 4.69) is 0 Å². The van der Waals surface area contributed by atoms with E-state index in [4.69, 9.17) is 16.0 Å². The van der Waals surface area contributed by atoms with Gasteiger partial charge in [0.2, 0.25) is 5.91 Å². The van der Waals surface area contributed by atoms with Crippen LogP contribution in [0.15, 0.2) is 22.8 Å². The van der Waals surface area contributed by atoms with Gasteiger partial charge in [-0.05, 0) is 31.9 Å². The molecular formula is C13H18ClNO2. The van der Waals surface area contributed by atoms with Crippen molar-refractivity contribution in [3.63, 3.8) is 0 Å². The normalized spacial score (nSPS) is 18.2. The number of amides is 1. The minimum atomic E-state index is -0.467. The molecule has 0 aromatic carbocycles. The van der Waals surface area contributed by atoms with Crippen LogP contribution in [0.1, 0.15) is 38.4 Å². The van der Waals surface area contributed by atoms with Crippen LogP contribution in [0.5, 0.6) is 0 Å². The fourth-order valence-electron chi connectivity index (χ4n) is 2.40. The number of furan rings is 1. The molecule has 0 N–H and O–H groups in total. The van der Waals surface area contributed by atoms with Crippen LogP contribution in [0.2, 0.25) is 0 Å². The van der Waals surface area contributed by atoms with Gasteiger partial charge in [0.25, 0.3) is 0 Å². The van der Waals surface area contributed by atoms with Gasteiger partial charge >= 0.3 is 0 Å². The van der Waals surface area contributed by atoms with Gasteiger partial charge in [-0.15, -0.1) is 11.6 Å². The third kappa shape index (κ3) is 3.03. The lowest BCUT2D eigenvalue weighted by molar-refractivity contribution is -0.133. The van der Waals surface area contributed by atoms with Gasteiger partial charge in [-0.1, -0.05) is 12.8 Å². The molecule has 1 unspecified atom stereocenters. The van der Waals surface area contributed by atoms with Crippen LogP contribution in [0.25, 0.3) is 0 Å². The minimum Gasteiger partial charge on any atom is -0.467 e. The monoisotopic (exact) mass is 255 g/mol. The van der Waals surface area contributed by atoms with E-state index < -0.39 is 5.38 Å². The number of halogens is 1. The number of alkyl halides is 1. The molecule has 94 valence electrons. The Labute approximate surface area is 107 Å². The Morgan fingerprint density at radius 2 is 2.29 bits per heavy atom. The fourth-order valence-corrected chi connectivity index (χ4v) is 2.53. The lowest BCUT2D eigenvalue weighted by Crippen LogP contribution is -2.41. The zero-order valence-electron chi connectivity index (χ0n) is 10.1. The van der Waals surface area contributed by atoms with Crippen molar-refractivity contribution in [1.29, 1.82) is 0 Å². The first-order valence-electron chi connectivity index (χ1n) is 6.15. The van der Waals surface area contributed by atoms with Crippen LogP contribution in [-0.2, 0) is 11.3 Å². The summed E-state index contributed by atoms with van der Waals surface area (Å²) < 4.78 is 5.32. The lowest BCUT2D eigenvalue weighted by Gasteiger charge is -2.29. The van der Waals surface area contributed by atoms with Gasteiger partial charge in [-0.3, -0.25) is 4.79 Å². The Balaban J connectivity index is 2.08. The Hall–Kier alpha value is -0.960. The molecule has 0 aliphatic heterocycles. The molecule has 1 aromatic heterocycles. The van der Waals surface area contributed by atoms with Crippen molar-refractivity contribution >= 4 is 17.5 Å². The standard InChI is InChI=1S/C13H18ClNO2/c1-10(14)13(16)15(11-5-2-3-6-11)9-12-7-4-8-17-12/h4,7-8,10-11H,2-3,5-6,9H2,1H3. The van der Waals surface area contributed by atoms with Gasteiger partial charge in [0.15, 0.2) is 0 Å². The molecule has 0 spiro atoms. The summed E-state index contributed by atoms with van der Waals surface area (Å²) in [6, 6.07) is 4.07. The average molecular weight is 256 g/mol. The molecule has 0 bridgehead atoms. The Kier molecular flexibility index (Phi) is 4.11. The molecule has 1 heterocycles. The van der Waals surface area contributed by atoms with Gasteiger partial charge in [-0.25, -0.2) is 0 Å². The zero-order chi connectivity index (χ0) is 12.3. The molecule has 1 amide bonds. The lowest BCUT2D eigenvalue weighted by atomic mass is 10.2. The molecule has 1 fully saturated rings. The third-order valence-corrected chi connectivity index (χ3v) is 3.48. The molecule has 0 radical (unpaired) electrons. The van der Waals surface area contributed by atoms with Crippen molar-refractivity contribution in [3.8, 4) is 0 Å². The second-order valence-corrected chi connectivity index (χ2v) is 5.25. The number of carbonyl (C=O) groups excluding carboxylic acids is 1. The van der Waals surface area contributed by atoms with Crippen LogP contribution < -0.4 is 0 Å². The molecule has 0 saturated heterocycles. The summed E-state index contributed by atoms with van der Waals surface area (Å²) in [5, 5.41) is -0.467. The van der Waals surface area contributed by atoms with Crippen LogP contribution in [0.4, 0.5) is 0 Å². The van der Waals surface area contributed by atoms with Gasteiger partial charge in [0.1, 0.15) is 11.1 Å². The Morgan fingerprint density at radius 3 is 2.82 bits per heavy atom. The van der Waals surface area contributed by atoms with Gasteiger partial charge in [0, 0.05) is 6.04 Å². The number of rotatable bonds is 4. The molecule has 4 heteroatoms. The molecule has 1 aliphatic rings. The molecule has 2 rings (SSSR count). The maximum absolute atomic E-state index is 12.1. The van der Waals surface area contributed by atoms with E-state index in [-0.39, 0.29) is 5.91 Å². The maximum atomic E-state index is 12.1. The van der Waals surface area contributed by atoms with E-state index >= 15 is 0 Å². The summed E-state index contributed by atoms with van der Waals surface area (Å²) >= 11 is 5.92. The van der Waals surface area contributed by atoms with Gasteiger partial charge in [0.05, 0.1) is 12.8 Å². The smallest absolute Gasteiger partial charge is 0.240 e. The van der Waals surface area contributed by atoms with E-state index in [0.29, 0.717) is 12.6 Å². The minimum absolute atomic E-state index is 0.00923. The Morgan fingerprint density at radius 1 is 1.59 bits per heavy atom. The fraction of sp³-hybridized carbons (Fsp3) is 0.615. The van der Waals surface area contributed by atoms with Crippen LogP contribution in [0.3, 0.4) is 0 Å². The highest BCUT2D eigenvalue weighted by molar-refractivity contribution is 6.30. The third-order valence-electron chi connectivity index (χ3n) is 3.30. The summed E-state index contributed by atoms with van der Waals surface area (Å²) in [6.45, 7) is 2.27. The Bertz CT molecular complexity index is 356. The average Bonchev–Trinajstić information content (AvgIpc) is 2.97. The molecule has 1 atom stereocenters. The van der Waals surface area contributed by atoms with E-state index in [9.17, 15) is 4.79 Å². The molecule has 17 heavy (non-hydrogen) atoms. The largest absolute Gasteiger partial charge is 0.467 e. The van der Waals surface area contributed by atoms with E-state index in [1.54, 1.807) is 13.2 Å². The van der Waals surface area contributed by atoms with Gasteiger partial charge in [-0.2, -0.15) is 0 Å². The van der Waals surface area contributed by atoms with E-state index in [0.717, 1.165) is 18.6 Å².